The first kappa shape index (κ1) is 15.6. The maximum atomic E-state index is 6.04. The molecule has 5 heteroatoms. The molecule has 20 heavy (non-hydrogen) atoms. The lowest BCUT2D eigenvalue weighted by atomic mass is 10.1. The molecule has 0 bridgehead atoms. The summed E-state index contributed by atoms with van der Waals surface area (Å²) in [6, 6.07) is 5.75. The quantitative estimate of drug-likeness (QED) is 0.902. The number of morpholine rings is 1. The number of hydrogen-bond acceptors (Lipinski definition) is 4. The van der Waals surface area contributed by atoms with Crippen molar-refractivity contribution in [1.29, 1.82) is 0 Å². The van der Waals surface area contributed by atoms with Crippen LogP contribution in [0.3, 0.4) is 0 Å². The lowest BCUT2D eigenvalue weighted by Gasteiger charge is -2.30. The number of benzene rings is 1. The predicted octanol–water partition coefficient (Wildman–Crippen LogP) is 1.94. The second-order valence-electron chi connectivity index (χ2n) is 5.50. The topological polar surface area (TPSA) is 47.7 Å². The highest BCUT2D eigenvalue weighted by Gasteiger charge is 2.19. The number of halogens is 1. The molecule has 1 aliphatic rings. The summed E-state index contributed by atoms with van der Waals surface area (Å²) >= 11 is 6.04. The zero-order valence-electron chi connectivity index (χ0n) is 12.1. The summed E-state index contributed by atoms with van der Waals surface area (Å²) in [5.74, 6) is 0.850. The zero-order valence-corrected chi connectivity index (χ0v) is 12.9. The van der Waals surface area contributed by atoms with Crippen molar-refractivity contribution in [3.05, 3.63) is 28.8 Å². The summed E-state index contributed by atoms with van der Waals surface area (Å²) in [5.41, 5.74) is 6.92. The normalized spacial score (nSPS) is 21.7. The Balaban J connectivity index is 1.97. The fourth-order valence-corrected chi connectivity index (χ4v) is 2.54. The minimum Gasteiger partial charge on any atom is -0.491 e. The Morgan fingerprint density at radius 1 is 1.55 bits per heavy atom. The molecule has 2 N–H and O–H groups in total. The van der Waals surface area contributed by atoms with Crippen LogP contribution in [0.15, 0.2) is 18.2 Å². The van der Waals surface area contributed by atoms with Crippen molar-refractivity contribution in [2.45, 2.75) is 25.5 Å². The monoisotopic (exact) mass is 298 g/mol. The van der Waals surface area contributed by atoms with Crippen LogP contribution in [0, 0.1) is 0 Å². The number of ether oxygens (including phenoxy) is 2. The van der Waals surface area contributed by atoms with Gasteiger partial charge in [0.15, 0.2) is 0 Å². The van der Waals surface area contributed by atoms with Gasteiger partial charge in [-0.05, 0) is 44.2 Å². The molecule has 0 saturated carbocycles. The van der Waals surface area contributed by atoms with E-state index in [1.54, 1.807) is 0 Å². The van der Waals surface area contributed by atoms with Gasteiger partial charge >= 0.3 is 0 Å². The van der Waals surface area contributed by atoms with E-state index in [4.69, 9.17) is 26.8 Å². The van der Waals surface area contributed by atoms with Gasteiger partial charge in [-0.25, -0.2) is 0 Å². The van der Waals surface area contributed by atoms with Crippen LogP contribution in [-0.4, -0.2) is 50.4 Å². The second-order valence-corrected chi connectivity index (χ2v) is 5.94. The van der Waals surface area contributed by atoms with Gasteiger partial charge in [0.2, 0.25) is 0 Å². The summed E-state index contributed by atoms with van der Waals surface area (Å²) < 4.78 is 11.6. The molecule has 2 rings (SSSR count). The van der Waals surface area contributed by atoms with Gasteiger partial charge in [-0.2, -0.15) is 0 Å². The summed E-state index contributed by atoms with van der Waals surface area (Å²) in [6.07, 6.45) is 0.869. The third kappa shape index (κ3) is 4.63. The molecule has 1 fully saturated rings. The molecule has 0 amide bonds. The van der Waals surface area contributed by atoms with Crippen molar-refractivity contribution in [3.63, 3.8) is 0 Å². The van der Waals surface area contributed by atoms with E-state index >= 15 is 0 Å². The standard InChI is InChI=1S/C15H23ClN2O2/c1-11(17)7-12-8-13(16)3-4-15(12)20-10-14-9-18(2)5-6-19-14/h3-4,8,11,14H,5-7,9-10,17H2,1-2H3. The van der Waals surface area contributed by atoms with Crippen molar-refractivity contribution >= 4 is 11.6 Å². The minimum atomic E-state index is 0.0767. The maximum absolute atomic E-state index is 6.04. The van der Waals surface area contributed by atoms with Gasteiger partial charge < -0.3 is 20.1 Å². The van der Waals surface area contributed by atoms with Crippen molar-refractivity contribution < 1.29 is 9.47 Å². The van der Waals surface area contributed by atoms with E-state index in [0.29, 0.717) is 11.6 Å². The highest BCUT2D eigenvalue weighted by Crippen LogP contribution is 2.24. The van der Waals surface area contributed by atoms with Crippen molar-refractivity contribution in [2.75, 3.05) is 33.4 Å². The van der Waals surface area contributed by atoms with Gasteiger partial charge in [-0.15, -0.1) is 0 Å². The summed E-state index contributed by atoms with van der Waals surface area (Å²) in [5, 5.41) is 0.710. The molecule has 1 saturated heterocycles. The van der Waals surface area contributed by atoms with E-state index in [1.165, 1.54) is 0 Å². The third-order valence-corrected chi connectivity index (χ3v) is 3.57. The molecule has 112 valence electrons. The first-order chi connectivity index (χ1) is 9.54. The molecule has 0 aliphatic carbocycles. The van der Waals surface area contributed by atoms with E-state index in [2.05, 4.69) is 11.9 Å². The molecule has 1 aliphatic heterocycles. The number of nitrogens with two attached hydrogens (primary N) is 1. The Kier molecular flexibility index (Phi) is 5.66. The zero-order chi connectivity index (χ0) is 14.5. The Hall–Kier alpha value is -0.810. The highest BCUT2D eigenvalue weighted by molar-refractivity contribution is 6.30. The molecule has 4 nitrogen and oxygen atoms in total. The van der Waals surface area contributed by atoms with Gasteiger partial charge in [0.25, 0.3) is 0 Å². The van der Waals surface area contributed by atoms with Crippen LogP contribution >= 0.6 is 11.6 Å². The average Bonchev–Trinajstić information content (AvgIpc) is 2.37. The molecule has 1 aromatic rings. The molecule has 1 aromatic carbocycles. The van der Waals surface area contributed by atoms with Crippen LogP contribution in [0.5, 0.6) is 5.75 Å². The number of hydrogen-bond donors (Lipinski definition) is 1. The summed E-state index contributed by atoms with van der Waals surface area (Å²) in [7, 11) is 2.10. The molecule has 2 atom stereocenters. The van der Waals surface area contributed by atoms with Gasteiger partial charge in [-0.3, -0.25) is 0 Å². The van der Waals surface area contributed by atoms with Gasteiger partial charge in [0.1, 0.15) is 18.5 Å². The van der Waals surface area contributed by atoms with Crippen LogP contribution in [-0.2, 0) is 11.2 Å². The largest absolute Gasteiger partial charge is 0.491 e. The lowest BCUT2D eigenvalue weighted by Crippen LogP contribution is -2.42. The predicted molar refractivity (Wildman–Crippen MR) is 81.5 cm³/mol. The molecular formula is C15H23ClN2O2. The SMILES string of the molecule is CC(N)Cc1cc(Cl)ccc1OCC1CN(C)CCO1. The number of nitrogens with zero attached hydrogens (tertiary/aromatic N) is 1. The van der Waals surface area contributed by atoms with Crippen molar-refractivity contribution in [2.24, 2.45) is 5.73 Å². The van der Waals surface area contributed by atoms with Crippen molar-refractivity contribution in [3.8, 4) is 5.75 Å². The molecule has 0 spiro atoms. The van der Waals surface area contributed by atoms with E-state index < -0.39 is 0 Å². The fraction of sp³-hybridized carbons (Fsp3) is 0.600. The van der Waals surface area contributed by atoms with Crippen LogP contribution < -0.4 is 10.5 Å². The van der Waals surface area contributed by atoms with Gasteiger partial charge in [-0.1, -0.05) is 11.6 Å². The third-order valence-electron chi connectivity index (χ3n) is 3.33. The van der Waals surface area contributed by atoms with E-state index in [0.717, 1.165) is 37.4 Å². The first-order valence-electron chi connectivity index (χ1n) is 7.01. The summed E-state index contributed by atoms with van der Waals surface area (Å²) in [4.78, 5) is 2.25. The molecular weight excluding hydrogens is 276 g/mol. The van der Waals surface area contributed by atoms with Crippen molar-refractivity contribution in [1.82, 2.24) is 4.90 Å². The summed E-state index contributed by atoms with van der Waals surface area (Å²) in [6.45, 7) is 5.17. The average molecular weight is 299 g/mol. The molecule has 0 aromatic heterocycles. The van der Waals surface area contributed by atoms with Gasteiger partial charge in [0.05, 0.1) is 6.61 Å². The Morgan fingerprint density at radius 3 is 3.05 bits per heavy atom. The van der Waals surface area contributed by atoms with E-state index in [9.17, 15) is 0 Å². The Bertz CT molecular complexity index is 440. The Labute approximate surface area is 125 Å². The Morgan fingerprint density at radius 2 is 2.35 bits per heavy atom. The van der Waals surface area contributed by atoms with Crippen LogP contribution in [0.4, 0.5) is 0 Å². The van der Waals surface area contributed by atoms with Crippen LogP contribution in [0.25, 0.3) is 0 Å². The number of rotatable bonds is 5. The highest BCUT2D eigenvalue weighted by atomic mass is 35.5. The maximum Gasteiger partial charge on any atom is 0.122 e. The second kappa shape index (κ2) is 7.27. The van der Waals surface area contributed by atoms with Crippen LogP contribution in [0.1, 0.15) is 12.5 Å². The fourth-order valence-electron chi connectivity index (χ4n) is 2.35. The molecule has 1 heterocycles. The van der Waals surface area contributed by atoms with Gasteiger partial charge in [0, 0.05) is 24.2 Å². The van der Waals surface area contributed by atoms with E-state index in [-0.39, 0.29) is 12.1 Å². The number of likely N-dealkylation sites (N-methyl/N-ethyl adjacent to an activating group) is 1. The molecule has 2 unspecified atom stereocenters. The minimum absolute atomic E-state index is 0.0767. The smallest absolute Gasteiger partial charge is 0.122 e. The molecule has 0 radical (unpaired) electrons. The lowest BCUT2D eigenvalue weighted by molar-refractivity contribution is -0.0404. The first-order valence-corrected chi connectivity index (χ1v) is 7.39. The van der Waals surface area contributed by atoms with E-state index in [1.807, 2.05) is 25.1 Å². The van der Waals surface area contributed by atoms with Crippen LogP contribution in [0.2, 0.25) is 5.02 Å².